The largest absolute Gasteiger partial charge is 0.317 e. The minimum atomic E-state index is 0.895. The summed E-state index contributed by atoms with van der Waals surface area (Å²) in [6, 6.07) is 6.58. The zero-order valence-electron chi connectivity index (χ0n) is 11.9. The van der Waals surface area contributed by atoms with E-state index in [2.05, 4.69) is 54.5 Å². The fraction of sp³-hybridized carbons (Fsp3) is 0.467. The minimum absolute atomic E-state index is 0.895. The van der Waals surface area contributed by atoms with Gasteiger partial charge in [-0.2, -0.15) is 0 Å². The van der Waals surface area contributed by atoms with Gasteiger partial charge in [0, 0.05) is 19.4 Å². The molecule has 0 unspecified atom stereocenters. The molecule has 0 bridgehead atoms. The Morgan fingerprint density at radius 3 is 2.74 bits per heavy atom. The molecule has 0 spiro atoms. The van der Waals surface area contributed by atoms with Gasteiger partial charge in [0.05, 0.1) is 0 Å². The lowest BCUT2D eigenvalue weighted by atomic mass is 10.0. The van der Waals surface area contributed by atoms with Gasteiger partial charge in [-0.15, -0.1) is 21.5 Å². The first-order valence-electron chi connectivity index (χ1n) is 6.77. The highest BCUT2D eigenvalue weighted by Gasteiger charge is 2.07. The van der Waals surface area contributed by atoms with Gasteiger partial charge in [-0.1, -0.05) is 30.7 Å². The minimum Gasteiger partial charge on any atom is -0.317 e. The first-order valence-corrected chi connectivity index (χ1v) is 7.58. The van der Waals surface area contributed by atoms with Gasteiger partial charge in [-0.05, 0) is 31.5 Å². The Labute approximate surface area is 119 Å². The van der Waals surface area contributed by atoms with E-state index in [4.69, 9.17) is 0 Å². The molecule has 0 aliphatic carbocycles. The van der Waals surface area contributed by atoms with Crippen molar-refractivity contribution in [3.8, 4) is 0 Å². The molecule has 102 valence electrons. The molecule has 0 atom stereocenters. The molecule has 2 aromatic rings. The number of benzene rings is 1. The zero-order valence-corrected chi connectivity index (χ0v) is 12.7. The molecular formula is C15H21N3S. The summed E-state index contributed by atoms with van der Waals surface area (Å²) in [5.74, 6) is 0. The van der Waals surface area contributed by atoms with E-state index in [1.54, 1.807) is 11.3 Å². The first kappa shape index (κ1) is 14.2. The van der Waals surface area contributed by atoms with Gasteiger partial charge in [-0.3, -0.25) is 0 Å². The second-order valence-electron chi connectivity index (χ2n) is 4.80. The van der Waals surface area contributed by atoms with E-state index in [0.29, 0.717) is 0 Å². The smallest absolute Gasteiger partial charge is 0.121 e. The van der Waals surface area contributed by atoms with Crippen molar-refractivity contribution in [3.63, 3.8) is 0 Å². The Balaban J connectivity index is 2.01. The van der Waals surface area contributed by atoms with E-state index >= 15 is 0 Å². The highest BCUT2D eigenvalue weighted by molar-refractivity contribution is 7.11. The van der Waals surface area contributed by atoms with Crippen LogP contribution in [0.15, 0.2) is 18.2 Å². The maximum Gasteiger partial charge on any atom is 0.121 e. The van der Waals surface area contributed by atoms with E-state index in [1.807, 2.05) is 0 Å². The first-order chi connectivity index (χ1) is 9.19. The van der Waals surface area contributed by atoms with Crippen LogP contribution in [0.2, 0.25) is 0 Å². The van der Waals surface area contributed by atoms with Gasteiger partial charge < -0.3 is 5.32 Å². The van der Waals surface area contributed by atoms with E-state index in [9.17, 15) is 0 Å². The number of hydrogen-bond acceptors (Lipinski definition) is 4. The fourth-order valence-corrected chi connectivity index (χ4v) is 2.85. The summed E-state index contributed by atoms with van der Waals surface area (Å²) < 4.78 is 0. The summed E-state index contributed by atoms with van der Waals surface area (Å²) in [7, 11) is 0. The molecule has 1 aromatic heterocycles. The summed E-state index contributed by atoms with van der Waals surface area (Å²) in [5, 5.41) is 14.1. The van der Waals surface area contributed by atoms with Crippen LogP contribution in [0.5, 0.6) is 0 Å². The Kier molecular flexibility index (Phi) is 5.05. The average Bonchev–Trinajstić information content (AvgIpc) is 2.82. The van der Waals surface area contributed by atoms with Crippen molar-refractivity contribution < 1.29 is 0 Å². The summed E-state index contributed by atoms with van der Waals surface area (Å²) in [5.41, 5.74) is 3.99. The van der Waals surface area contributed by atoms with E-state index in [1.165, 1.54) is 16.7 Å². The predicted molar refractivity (Wildman–Crippen MR) is 80.9 cm³/mol. The molecular weight excluding hydrogens is 254 g/mol. The molecule has 0 aliphatic heterocycles. The third-order valence-corrected chi connectivity index (χ3v) is 4.10. The van der Waals surface area contributed by atoms with Crippen molar-refractivity contribution in [1.82, 2.24) is 15.5 Å². The monoisotopic (exact) mass is 275 g/mol. The predicted octanol–water partition coefficient (Wildman–Crippen LogP) is 2.90. The van der Waals surface area contributed by atoms with E-state index in [0.717, 1.165) is 35.9 Å². The molecule has 1 N–H and O–H groups in total. The van der Waals surface area contributed by atoms with Crippen molar-refractivity contribution in [1.29, 1.82) is 0 Å². The van der Waals surface area contributed by atoms with Crippen LogP contribution in [-0.2, 0) is 12.8 Å². The highest BCUT2D eigenvalue weighted by Crippen LogP contribution is 2.18. The Bertz CT molecular complexity index is 534. The molecule has 0 fully saturated rings. The van der Waals surface area contributed by atoms with Crippen molar-refractivity contribution in [3.05, 3.63) is 44.9 Å². The van der Waals surface area contributed by atoms with Crippen LogP contribution in [0.1, 0.15) is 33.6 Å². The Hall–Kier alpha value is -1.26. The third kappa shape index (κ3) is 4.11. The summed E-state index contributed by atoms with van der Waals surface area (Å²) in [6.07, 6.45) is 1.87. The standard InChI is InChI=1S/C15H21N3S/c1-4-16-8-7-14-17-18-15(19-14)10-13-9-11(2)5-6-12(13)3/h5-6,9,16H,4,7-8,10H2,1-3H3. The summed E-state index contributed by atoms with van der Waals surface area (Å²) in [6.45, 7) is 8.39. The lowest BCUT2D eigenvalue weighted by molar-refractivity contribution is 0.710. The van der Waals surface area contributed by atoms with Crippen molar-refractivity contribution in [2.75, 3.05) is 13.1 Å². The molecule has 0 saturated carbocycles. The molecule has 1 heterocycles. The maximum absolute atomic E-state index is 4.30. The SMILES string of the molecule is CCNCCc1nnc(Cc2cc(C)ccc2C)s1. The van der Waals surface area contributed by atoms with Gasteiger partial charge in [0.15, 0.2) is 0 Å². The molecule has 0 radical (unpaired) electrons. The molecule has 4 heteroatoms. The second-order valence-corrected chi connectivity index (χ2v) is 5.95. The number of aryl methyl sites for hydroxylation is 2. The number of nitrogens with zero attached hydrogens (tertiary/aromatic N) is 2. The van der Waals surface area contributed by atoms with Crippen molar-refractivity contribution >= 4 is 11.3 Å². The van der Waals surface area contributed by atoms with Crippen LogP contribution in [-0.4, -0.2) is 23.3 Å². The van der Waals surface area contributed by atoms with Crippen molar-refractivity contribution in [2.24, 2.45) is 0 Å². The lowest BCUT2D eigenvalue weighted by Gasteiger charge is -2.04. The molecule has 3 nitrogen and oxygen atoms in total. The number of likely N-dealkylation sites (N-methyl/N-ethyl adjacent to an activating group) is 1. The van der Waals surface area contributed by atoms with Gasteiger partial charge in [0.25, 0.3) is 0 Å². The van der Waals surface area contributed by atoms with E-state index < -0.39 is 0 Å². The molecule has 0 amide bonds. The second kappa shape index (κ2) is 6.78. The Morgan fingerprint density at radius 1 is 1.16 bits per heavy atom. The van der Waals surface area contributed by atoms with Crippen LogP contribution in [0.25, 0.3) is 0 Å². The molecule has 0 aliphatic rings. The third-order valence-electron chi connectivity index (χ3n) is 3.12. The van der Waals surface area contributed by atoms with Gasteiger partial charge >= 0.3 is 0 Å². The van der Waals surface area contributed by atoms with Crippen LogP contribution >= 0.6 is 11.3 Å². The average molecular weight is 275 g/mol. The lowest BCUT2D eigenvalue weighted by Crippen LogP contribution is -2.15. The Morgan fingerprint density at radius 2 is 1.95 bits per heavy atom. The van der Waals surface area contributed by atoms with Crippen LogP contribution in [0.3, 0.4) is 0 Å². The highest BCUT2D eigenvalue weighted by atomic mass is 32.1. The van der Waals surface area contributed by atoms with Gasteiger partial charge in [0.2, 0.25) is 0 Å². The summed E-state index contributed by atoms with van der Waals surface area (Å²) in [4.78, 5) is 0. The molecule has 2 rings (SSSR count). The van der Waals surface area contributed by atoms with Gasteiger partial charge in [-0.25, -0.2) is 0 Å². The topological polar surface area (TPSA) is 37.8 Å². The maximum atomic E-state index is 4.30. The van der Waals surface area contributed by atoms with E-state index in [-0.39, 0.29) is 0 Å². The van der Waals surface area contributed by atoms with Crippen LogP contribution in [0, 0.1) is 13.8 Å². The number of nitrogens with one attached hydrogen (secondary N) is 1. The fourth-order valence-electron chi connectivity index (χ4n) is 1.99. The van der Waals surface area contributed by atoms with Crippen molar-refractivity contribution in [2.45, 2.75) is 33.6 Å². The number of aromatic nitrogens is 2. The number of rotatable bonds is 6. The normalized spacial score (nSPS) is 10.9. The van der Waals surface area contributed by atoms with Gasteiger partial charge in [0.1, 0.15) is 10.0 Å². The number of hydrogen-bond donors (Lipinski definition) is 1. The zero-order chi connectivity index (χ0) is 13.7. The van der Waals surface area contributed by atoms with Crippen LogP contribution in [0.4, 0.5) is 0 Å². The summed E-state index contributed by atoms with van der Waals surface area (Å²) >= 11 is 1.73. The quantitative estimate of drug-likeness (QED) is 0.824. The molecule has 1 aromatic carbocycles. The molecule has 19 heavy (non-hydrogen) atoms. The van der Waals surface area contributed by atoms with Crippen LogP contribution < -0.4 is 5.32 Å². The molecule has 0 saturated heterocycles.